The second kappa shape index (κ2) is 5.04. The number of nitrogens with one attached hydrogen (secondary N) is 2. The van der Waals surface area contributed by atoms with E-state index in [2.05, 4.69) is 20.0 Å². The highest BCUT2D eigenvalue weighted by Gasteiger charge is 2.13. The predicted molar refractivity (Wildman–Crippen MR) is 57.1 cm³/mol. The SMILES string of the molecule is CCNc1ncc(S(=O)(=O)NCC)cn1. The zero-order valence-electron chi connectivity index (χ0n) is 8.69. The van der Waals surface area contributed by atoms with Gasteiger partial charge in [-0.2, -0.15) is 0 Å². The molecule has 1 aromatic rings. The van der Waals surface area contributed by atoms with Gasteiger partial charge in [0.2, 0.25) is 16.0 Å². The van der Waals surface area contributed by atoms with Crippen molar-refractivity contribution in [2.45, 2.75) is 18.7 Å². The minimum atomic E-state index is -3.44. The summed E-state index contributed by atoms with van der Waals surface area (Å²) in [4.78, 5) is 7.83. The summed E-state index contributed by atoms with van der Waals surface area (Å²) in [6.45, 7) is 4.66. The Morgan fingerprint density at radius 2 is 1.80 bits per heavy atom. The molecule has 1 heterocycles. The smallest absolute Gasteiger partial charge is 0.243 e. The highest BCUT2D eigenvalue weighted by molar-refractivity contribution is 7.89. The Balaban J connectivity index is 2.89. The molecule has 84 valence electrons. The first-order valence-electron chi connectivity index (χ1n) is 4.65. The van der Waals surface area contributed by atoms with Gasteiger partial charge in [0.15, 0.2) is 0 Å². The van der Waals surface area contributed by atoms with Crippen LogP contribution < -0.4 is 10.0 Å². The molecule has 1 aromatic heterocycles. The number of sulfonamides is 1. The fourth-order valence-electron chi connectivity index (χ4n) is 0.978. The summed E-state index contributed by atoms with van der Waals surface area (Å²) in [7, 11) is -3.44. The lowest BCUT2D eigenvalue weighted by Crippen LogP contribution is -2.23. The predicted octanol–water partition coefficient (Wildman–Crippen LogP) is 0.207. The van der Waals surface area contributed by atoms with Crippen LogP contribution in [0.2, 0.25) is 0 Å². The lowest BCUT2D eigenvalue weighted by atomic mass is 10.6. The average Bonchev–Trinajstić information content (AvgIpc) is 2.19. The van der Waals surface area contributed by atoms with E-state index in [1.54, 1.807) is 6.92 Å². The van der Waals surface area contributed by atoms with Crippen LogP contribution in [-0.2, 0) is 10.0 Å². The van der Waals surface area contributed by atoms with Crippen molar-refractivity contribution in [1.82, 2.24) is 14.7 Å². The minimum absolute atomic E-state index is 0.0750. The van der Waals surface area contributed by atoms with Crippen LogP contribution in [-0.4, -0.2) is 31.5 Å². The molecule has 1 rings (SSSR count). The Hall–Kier alpha value is -1.21. The van der Waals surface area contributed by atoms with E-state index in [0.29, 0.717) is 19.0 Å². The van der Waals surface area contributed by atoms with Crippen LogP contribution in [0.3, 0.4) is 0 Å². The number of hydrogen-bond acceptors (Lipinski definition) is 5. The van der Waals surface area contributed by atoms with E-state index in [-0.39, 0.29) is 4.90 Å². The quantitative estimate of drug-likeness (QED) is 0.755. The van der Waals surface area contributed by atoms with Crippen molar-refractivity contribution in [3.8, 4) is 0 Å². The summed E-state index contributed by atoms with van der Waals surface area (Å²) in [5.74, 6) is 0.424. The third kappa shape index (κ3) is 3.14. The maximum absolute atomic E-state index is 11.5. The first-order chi connectivity index (χ1) is 7.10. The maximum Gasteiger partial charge on any atom is 0.243 e. The Morgan fingerprint density at radius 1 is 1.20 bits per heavy atom. The molecule has 0 aliphatic heterocycles. The highest BCUT2D eigenvalue weighted by Crippen LogP contribution is 2.06. The zero-order valence-corrected chi connectivity index (χ0v) is 9.50. The number of rotatable bonds is 5. The van der Waals surface area contributed by atoms with Gasteiger partial charge in [-0.1, -0.05) is 6.92 Å². The Labute approximate surface area is 89.2 Å². The molecule has 0 aliphatic carbocycles. The lowest BCUT2D eigenvalue weighted by Gasteiger charge is -2.04. The van der Waals surface area contributed by atoms with Crippen molar-refractivity contribution in [2.24, 2.45) is 0 Å². The highest BCUT2D eigenvalue weighted by atomic mass is 32.2. The molecule has 2 N–H and O–H groups in total. The molecule has 0 spiro atoms. The van der Waals surface area contributed by atoms with Crippen molar-refractivity contribution in [1.29, 1.82) is 0 Å². The van der Waals surface area contributed by atoms with Gasteiger partial charge in [-0.05, 0) is 6.92 Å². The maximum atomic E-state index is 11.5. The topological polar surface area (TPSA) is 84.0 Å². The van der Waals surface area contributed by atoms with E-state index in [9.17, 15) is 8.42 Å². The van der Waals surface area contributed by atoms with Crippen LogP contribution in [0.1, 0.15) is 13.8 Å². The van der Waals surface area contributed by atoms with Crippen molar-refractivity contribution in [3.05, 3.63) is 12.4 Å². The number of hydrogen-bond donors (Lipinski definition) is 2. The molecule has 7 heteroatoms. The molecule has 0 bridgehead atoms. The van der Waals surface area contributed by atoms with Crippen molar-refractivity contribution >= 4 is 16.0 Å². The molecule has 0 fully saturated rings. The van der Waals surface area contributed by atoms with Crippen LogP contribution in [0.15, 0.2) is 17.3 Å². The first-order valence-corrected chi connectivity index (χ1v) is 6.14. The second-order valence-corrected chi connectivity index (χ2v) is 4.54. The molecule has 0 aromatic carbocycles. The summed E-state index contributed by atoms with van der Waals surface area (Å²) in [6, 6.07) is 0. The Kier molecular flexibility index (Phi) is 3.98. The third-order valence-corrected chi connectivity index (χ3v) is 3.11. The minimum Gasteiger partial charge on any atom is -0.355 e. The molecule has 0 saturated carbocycles. The zero-order chi connectivity index (χ0) is 11.3. The van der Waals surface area contributed by atoms with E-state index in [4.69, 9.17) is 0 Å². The Morgan fingerprint density at radius 3 is 2.27 bits per heavy atom. The largest absolute Gasteiger partial charge is 0.355 e. The summed E-state index contributed by atoms with van der Waals surface area (Å²) in [6.07, 6.45) is 2.56. The molecule has 6 nitrogen and oxygen atoms in total. The van der Waals surface area contributed by atoms with Crippen LogP contribution in [0, 0.1) is 0 Å². The second-order valence-electron chi connectivity index (χ2n) is 2.77. The van der Waals surface area contributed by atoms with Gasteiger partial charge < -0.3 is 5.32 Å². The number of aromatic nitrogens is 2. The third-order valence-electron chi connectivity index (χ3n) is 1.61. The van der Waals surface area contributed by atoms with E-state index < -0.39 is 10.0 Å². The molecule has 15 heavy (non-hydrogen) atoms. The normalized spacial score (nSPS) is 11.3. The van der Waals surface area contributed by atoms with Gasteiger partial charge in [-0.25, -0.2) is 23.1 Å². The van der Waals surface area contributed by atoms with Crippen molar-refractivity contribution in [2.75, 3.05) is 18.4 Å². The lowest BCUT2D eigenvalue weighted by molar-refractivity contribution is 0.583. The monoisotopic (exact) mass is 230 g/mol. The van der Waals surface area contributed by atoms with Gasteiger partial charge >= 0.3 is 0 Å². The average molecular weight is 230 g/mol. The molecule has 0 amide bonds. The molecule has 0 aliphatic rings. The van der Waals surface area contributed by atoms with E-state index in [0.717, 1.165) is 0 Å². The van der Waals surface area contributed by atoms with E-state index in [1.807, 2.05) is 6.92 Å². The molecule has 0 radical (unpaired) electrons. The van der Waals surface area contributed by atoms with Crippen molar-refractivity contribution < 1.29 is 8.42 Å². The summed E-state index contributed by atoms with van der Waals surface area (Å²) >= 11 is 0. The van der Waals surface area contributed by atoms with Gasteiger partial charge in [0.1, 0.15) is 4.90 Å². The van der Waals surface area contributed by atoms with E-state index >= 15 is 0 Å². The van der Waals surface area contributed by atoms with Gasteiger partial charge in [0, 0.05) is 13.1 Å². The van der Waals surface area contributed by atoms with Gasteiger partial charge in [0.05, 0.1) is 12.4 Å². The van der Waals surface area contributed by atoms with Crippen LogP contribution in [0.25, 0.3) is 0 Å². The Bertz CT molecular complexity index is 401. The number of anilines is 1. The first kappa shape index (κ1) is 11.9. The van der Waals surface area contributed by atoms with Crippen LogP contribution >= 0.6 is 0 Å². The molecular formula is C8H14N4O2S. The standard InChI is InChI=1S/C8H14N4O2S/c1-3-9-8-10-5-7(6-11-8)15(13,14)12-4-2/h5-6,12H,3-4H2,1-2H3,(H,9,10,11). The molecular weight excluding hydrogens is 216 g/mol. The summed E-state index contributed by atoms with van der Waals surface area (Å²) in [5.41, 5.74) is 0. The molecule has 0 unspecified atom stereocenters. The van der Waals surface area contributed by atoms with Gasteiger partial charge in [-0.15, -0.1) is 0 Å². The van der Waals surface area contributed by atoms with Gasteiger partial charge in [0.25, 0.3) is 0 Å². The van der Waals surface area contributed by atoms with Crippen LogP contribution in [0.5, 0.6) is 0 Å². The van der Waals surface area contributed by atoms with Crippen LogP contribution in [0.4, 0.5) is 5.95 Å². The number of nitrogens with zero attached hydrogens (tertiary/aromatic N) is 2. The fourth-order valence-corrected chi connectivity index (χ4v) is 1.91. The molecule has 0 atom stereocenters. The van der Waals surface area contributed by atoms with Crippen molar-refractivity contribution in [3.63, 3.8) is 0 Å². The summed E-state index contributed by atoms with van der Waals surface area (Å²) in [5, 5.41) is 2.88. The van der Waals surface area contributed by atoms with Gasteiger partial charge in [-0.3, -0.25) is 0 Å². The molecule has 0 saturated heterocycles. The summed E-state index contributed by atoms with van der Waals surface area (Å²) < 4.78 is 25.3. The van der Waals surface area contributed by atoms with E-state index in [1.165, 1.54) is 12.4 Å². The fraction of sp³-hybridized carbons (Fsp3) is 0.500.